The van der Waals surface area contributed by atoms with Crippen molar-refractivity contribution in [3.05, 3.63) is 60.2 Å². The topological polar surface area (TPSA) is 91.2 Å². The molecule has 1 amide bonds. The van der Waals surface area contributed by atoms with Crippen molar-refractivity contribution in [2.45, 2.75) is 44.8 Å². The number of rotatable bonds is 6. The Labute approximate surface area is 175 Å². The molecule has 30 heavy (non-hydrogen) atoms. The molecular formula is C22H25N5O3. The van der Waals surface area contributed by atoms with Crippen LogP contribution in [0.2, 0.25) is 0 Å². The van der Waals surface area contributed by atoms with Crippen LogP contribution in [0.3, 0.4) is 0 Å². The number of para-hydroxylation sites is 1. The van der Waals surface area contributed by atoms with Gasteiger partial charge in [-0.3, -0.25) is 4.79 Å². The van der Waals surface area contributed by atoms with E-state index in [1.165, 1.54) is 0 Å². The van der Waals surface area contributed by atoms with Crippen LogP contribution in [-0.2, 0) is 0 Å². The zero-order valence-corrected chi connectivity index (χ0v) is 17.1. The maximum absolute atomic E-state index is 12.8. The second-order valence-electron chi connectivity index (χ2n) is 7.33. The third kappa shape index (κ3) is 4.27. The molecule has 3 aromatic rings. The largest absolute Gasteiger partial charge is 0.477 e. The van der Waals surface area contributed by atoms with Gasteiger partial charge in [-0.25, -0.2) is 14.6 Å². The Kier molecular flexibility index (Phi) is 5.92. The molecule has 8 heteroatoms. The van der Waals surface area contributed by atoms with E-state index in [1.54, 1.807) is 30.4 Å². The number of methoxy groups -OCH3 is 1. The second kappa shape index (κ2) is 8.94. The highest BCUT2D eigenvalue weighted by atomic mass is 16.5. The summed E-state index contributed by atoms with van der Waals surface area (Å²) in [6, 6.07) is 9.90. The van der Waals surface area contributed by atoms with Crippen LogP contribution in [0.15, 0.2) is 48.9 Å². The van der Waals surface area contributed by atoms with Crippen LogP contribution in [-0.4, -0.2) is 44.9 Å². The van der Waals surface area contributed by atoms with Gasteiger partial charge in [-0.05, 0) is 44.7 Å². The van der Waals surface area contributed by atoms with Gasteiger partial charge in [0, 0.05) is 18.4 Å². The Balaban J connectivity index is 1.33. The van der Waals surface area contributed by atoms with E-state index in [-0.39, 0.29) is 18.1 Å². The molecule has 1 aromatic carbocycles. The predicted octanol–water partition coefficient (Wildman–Crippen LogP) is 3.10. The van der Waals surface area contributed by atoms with Gasteiger partial charge in [-0.15, -0.1) is 0 Å². The molecule has 0 unspecified atom stereocenters. The zero-order valence-electron chi connectivity index (χ0n) is 17.1. The fourth-order valence-corrected chi connectivity index (χ4v) is 3.74. The maximum atomic E-state index is 12.8. The molecule has 0 saturated heterocycles. The van der Waals surface area contributed by atoms with Crippen LogP contribution in [0.4, 0.5) is 0 Å². The highest BCUT2D eigenvalue weighted by Gasteiger charge is 2.26. The van der Waals surface area contributed by atoms with Crippen LogP contribution >= 0.6 is 0 Å². The number of nitrogens with zero attached hydrogens (tertiary/aromatic N) is 4. The van der Waals surface area contributed by atoms with Crippen molar-refractivity contribution in [3.8, 4) is 17.4 Å². The molecule has 2 aromatic heterocycles. The third-order valence-corrected chi connectivity index (χ3v) is 5.37. The van der Waals surface area contributed by atoms with Gasteiger partial charge < -0.3 is 14.8 Å². The van der Waals surface area contributed by atoms with Gasteiger partial charge in [0.05, 0.1) is 30.3 Å². The first-order chi connectivity index (χ1) is 14.7. The van der Waals surface area contributed by atoms with E-state index in [2.05, 4.69) is 20.4 Å². The predicted molar refractivity (Wildman–Crippen MR) is 111 cm³/mol. The fourth-order valence-electron chi connectivity index (χ4n) is 3.74. The quantitative estimate of drug-likeness (QED) is 0.675. The molecule has 8 nitrogen and oxygen atoms in total. The first-order valence-corrected chi connectivity index (χ1v) is 10.1. The van der Waals surface area contributed by atoms with Crippen molar-refractivity contribution < 1.29 is 14.3 Å². The van der Waals surface area contributed by atoms with Gasteiger partial charge in [-0.1, -0.05) is 18.2 Å². The van der Waals surface area contributed by atoms with E-state index in [0.29, 0.717) is 17.3 Å². The summed E-state index contributed by atoms with van der Waals surface area (Å²) in [6.45, 7) is 1.91. The Morgan fingerprint density at radius 2 is 1.77 bits per heavy atom. The highest BCUT2D eigenvalue weighted by molar-refractivity contribution is 5.95. The first kappa shape index (κ1) is 19.9. The SMILES string of the molecule is COc1nccnc1OC1CCC(NC(=O)c2cnn(-c3ccccc3)c2C)CC1. The number of carbonyl (C=O) groups excluding carboxylic acids is 1. The minimum Gasteiger partial charge on any atom is -0.477 e. The van der Waals surface area contributed by atoms with Crippen LogP contribution in [0, 0.1) is 6.92 Å². The van der Waals surface area contributed by atoms with Crippen molar-refractivity contribution in [3.63, 3.8) is 0 Å². The lowest BCUT2D eigenvalue weighted by atomic mass is 9.92. The summed E-state index contributed by atoms with van der Waals surface area (Å²) in [7, 11) is 1.55. The molecule has 0 spiro atoms. The molecule has 2 heterocycles. The number of hydrogen-bond donors (Lipinski definition) is 1. The van der Waals surface area contributed by atoms with Crippen LogP contribution < -0.4 is 14.8 Å². The van der Waals surface area contributed by atoms with Gasteiger partial charge in [0.25, 0.3) is 17.7 Å². The lowest BCUT2D eigenvalue weighted by molar-refractivity contribution is 0.0885. The Hall–Kier alpha value is -3.42. The molecule has 0 radical (unpaired) electrons. The number of aromatic nitrogens is 4. The molecule has 0 bridgehead atoms. The summed E-state index contributed by atoms with van der Waals surface area (Å²) < 4.78 is 12.9. The summed E-state index contributed by atoms with van der Waals surface area (Å²) in [5, 5.41) is 7.53. The molecule has 4 rings (SSSR count). The Morgan fingerprint density at radius 1 is 1.07 bits per heavy atom. The Bertz CT molecular complexity index is 997. The van der Waals surface area contributed by atoms with E-state index in [4.69, 9.17) is 9.47 Å². The Morgan fingerprint density at radius 3 is 2.47 bits per heavy atom. The third-order valence-electron chi connectivity index (χ3n) is 5.37. The van der Waals surface area contributed by atoms with Crippen molar-refractivity contribution in [1.82, 2.24) is 25.1 Å². The minimum atomic E-state index is -0.0883. The van der Waals surface area contributed by atoms with Gasteiger partial charge in [-0.2, -0.15) is 5.10 Å². The molecule has 1 saturated carbocycles. The van der Waals surface area contributed by atoms with E-state index in [9.17, 15) is 4.79 Å². The minimum absolute atomic E-state index is 0.0336. The van der Waals surface area contributed by atoms with E-state index in [1.807, 2.05) is 37.3 Å². The molecule has 156 valence electrons. The summed E-state index contributed by atoms with van der Waals surface area (Å²) in [5.41, 5.74) is 2.36. The molecule has 1 N–H and O–H groups in total. The average Bonchev–Trinajstić information content (AvgIpc) is 3.17. The number of carbonyl (C=O) groups is 1. The molecule has 1 aliphatic carbocycles. The van der Waals surface area contributed by atoms with Gasteiger partial charge in [0.2, 0.25) is 0 Å². The van der Waals surface area contributed by atoms with Gasteiger partial charge in [0.1, 0.15) is 6.10 Å². The molecule has 1 aliphatic rings. The number of amides is 1. The molecule has 0 aliphatic heterocycles. The molecule has 1 fully saturated rings. The van der Waals surface area contributed by atoms with Gasteiger partial charge >= 0.3 is 0 Å². The van der Waals surface area contributed by atoms with Crippen molar-refractivity contribution in [1.29, 1.82) is 0 Å². The van der Waals surface area contributed by atoms with Crippen LogP contribution in [0.5, 0.6) is 11.8 Å². The number of benzene rings is 1. The fraction of sp³-hybridized carbons (Fsp3) is 0.364. The van der Waals surface area contributed by atoms with Crippen molar-refractivity contribution >= 4 is 5.91 Å². The molecule has 0 atom stereocenters. The normalized spacial score (nSPS) is 18.6. The van der Waals surface area contributed by atoms with Crippen molar-refractivity contribution in [2.75, 3.05) is 7.11 Å². The smallest absolute Gasteiger partial charge is 0.278 e. The van der Waals surface area contributed by atoms with E-state index >= 15 is 0 Å². The number of hydrogen-bond acceptors (Lipinski definition) is 6. The summed E-state index contributed by atoms with van der Waals surface area (Å²) in [4.78, 5) is 21.1. The first-order valence-electron chi connectivity index (χ1n) is 10.1. The second-order valence-corrected chi connectivity index (χ2v) is 7.33. The highest BCUT2D eigenvalue weighted by Crippen LogP contribution is 2.27. The van der Waals surface area contributed by atoms with Crippen LogP contribution in [0.25, 0.3) is 5.69 Å². The standard InChI is InChI=1S/C22H25N5O3/c1-15-19(14-25-27(15)17-6-4-3-5-7-17)20(28)26-16-8-10-18(11-9-16)30-22-21(29-2)23-12-13-24-22/h3-7,12-14,16,18H,8-11H2,1-2H3,(H,26,28). The van der Waals surface area contributed by atoms with Crippen molar-refractivity contribution in [2.24, 2.45) is 0 Å². The number of ether oxygens (including phenoxy) is 2. The summed E-state index contributed by atoms with van der Waals surface area (Å²) in [5.74, 6) is 0.713. The monoisotopic (exact) mass is 407 g/mol. The van der Waals surface area contributed by atoms with Crippen LogP contribution in [0.1, 0.15) is 41.7 Å². The van der Waals surface area contributed by atoms with E-state index in [0.717, 1.165) is 37.1 Å². The lowest BCUT2D eigenvalue weighted by Crippen LogP contribution is -2.39. The van der Waals surface area contributed by atoms with Gasteiger partial charge in [0.15, 0.2) is 0 Å². The van der Waals surface area contributed by atoms with E-state index < -0.39 is 0 Å². The number of nitrogens with one attached hydrogen (secondary N) is 1. The zero-order chi connectivity index (χ0) is 20.9. The summed E-state index contributed by atoms with van der Waals surface area (Å²) >= 11 is 0. The maximum Gasteiger partial charge on any atom is 0.278 e. The molecular weight excluding hydrogens is 382 g/mol. The lowest BCUT2D eigenvalue weighted by Gasteiger charge is -2.29. The average molecular weight is 407 g/mol. The summed E-state index contributed by atoms with van der Waals surface area (Å²) in [6.07, 6.45) is 8.15.